The van der Waals surface area contributed by atoms with E-state index in [0.29, 0.717) is 35.1 Å². The van der Waals surface area contributed by atoms with Crippen LogP contribution in [-0.4, -0.2) is 88.3 Å². The number of phenolic OH excluding ortho intramolecular Hbond substituents is 2. The third-order valence-corrected chi connectivity index (χ3v) is 7.35. The van der Waals surface area contributed by atoms with Crippen LogP contribution in [0.25, 0.3) is 11.1 Å². The van der Waals surface area contributed by atoms with Gasteiger partial charge in [0.15, 0.2) is 0 Å². The molecule has 4 atom stereocenters. The zero-order chi connectivity index (χ0) is 30.1. The first-order valence-electron chi connectivity index (χ1n) is 13.9. The van der Waals surface area contributed by atoms with E-state index < -0.39 is 41.9 Å². The van der Waals surface area contributed by atoms with E-state index >= 15 is 0 Å². The Labute approximate surface area is 239 Å². The van der Waals surface area contributed by atoms with Crippen molar-refractivity contribution in [2.75, 3.05) is 26.2 Å². The van der Waals surface area contributed by atoms with Crippen molar-refractivity contribution >= 4 is 17.7 Å². The van der Waals surface area contributed by atoms with E-state index in [1.54, 1.807) is 31.2 Å². The molecule has 0 spiro atoms. The molecule has 1 aliphatic rings. The van der Waals surface area contributed by atoms with Gasteiger partial charge in [-0.05, 0) is 79.3 Å². The van der Waals surface area contributed by atoms with E-state index in [2.05, 4.69) is 10.6 Å². The number of benzene rings is 2. The van der Waals surface area contributed by atoms with Crippen LogP contribution in [0.4, 0.5) is 0 Å². The second-order valence-corrected chi connectivity index (χ2v) is 10.4. The van der Waals surface area contributed by atoms with Gasteiger partial charge in [0.2, 0.25) is 17.7 Å². The quantitative estimate of drug-likeness (QED) is 0.194. The van der Waals surface area contributed by atoms with E-state index in [4.69, 9.17) is 17.2 Å². The molecule has 0 saturated heterocycles. The molecule has 11 N–H and O–H groups in total. The summed E-state index contributed by atoms with van der Waals surface area (Å²) in [5.41, 5.74) is 20.0. The summed E-state index contributed by atoms with van der Waals surface area (Å²) in [5.74, 6) is -1.59. The van der Waals surface area contributed by atoms with Gasteiger partial charge in [0, 0.05) is 32.0 Å². The summed E-state index contributed by atoms with van der Waals surface area (Å²) in [5, 5.41) is 36.0. The van der Waals surface area contributed by atoms with Gasteiger partial charge >= 0.3 is 0 Å². The number of amides is 3. The number of carbonyl (C=O) groups is 3. The molecule has 224 valence electrons. The lowest BCUT2D eigenvalue weighted by Crippen LogP contribution is -2.58. The number of carbonyl (C=O) groups excluding carboxylic acids is 3. The number of hydrogen-bond donors (Lipinski definition) is 8. The summed E-state index contributed by atoms with van der Waals surface area (Å²) in [6, 6.07) is 6.30. The fourth-order valence-corrected chi connectivity index (χ4v) is 4.92. The van der Waals surface area contributed by atoms with Crippen LogP contribution in [0, 0.1) is 0 Å². The zero-order valence-corrected chi connectivity index (χ0v) is 23.4. The molecule has 41 heavy (non-hydrogen) atoms. The highest BCUT2D eigenvalue weighted by molar-refractivity contribution is 5.93. The predicted octanol–water partition coefficient (Wildman–Crippen LogP) is -0.543. The molecular formula is C29H42N6O6. The van der Waals surface area contributed by atoms with Gasteiger partial charge in [0.25, 0.3) is 0 Å². The molecule has 3 rings (SSSR count). The molecule has 12 heteroatoms. The van der Waals surface area contributed by atoms with E-state index in [1.165, 1.54) is 17.0 Å². The highest BCUT2D eigenvalue weighted by atomic mass is 16.3. The molecule has 0 saturated carbocycles. The van der Waals surface area contributed by atoms with Gasteiger partial charge in [-0.15, -0.1) is 0 Å². The van der Waals surface area contributed by atoms with Gasteiger partial charge in [-0.1, -0.05) is 12.1 Å². The molecule has 2 aromatic rings. The zero-order valence-electron chi connectivity index (χ0n) is 23.4. The number of aliphatic hydroxyl groups excluding tert-OH is 1. The fourth-order valence-electron chi connectivity index (χ4n) is 4.92. The summed E-state index contributed by atoms with van der Waals surface area (Å²) in [4.78, 5) is 42.0. The van der Waals surface area contributed by atoms with Crippen molar-refractivity contribution in [2.45, 2.75) is 63.2 Å². The number of hydrogen-bond acceptors (Lipinski definition) is 9. The van der Waals surface area contributed by atoms with E-state index in [1.807, 2.05) is 0 Å². The average Bonchev–Trinajstić information content (AvgIpc) is 2.96. The van der Waals surface area contributed by atoms with E-state index in [9.17, 15) is 29.7 Å². The van der Waals surface area contributed by atoms with Crippen LogP contribution in [0.5, 0.6) is 11.5 Å². The maximum atomic E-state index is 13.9. The fraction of sp³-hybridized carbons (Fsp3) is 0.483. The Hall–Kier alpha value is -3.71. The lowest BCUT2D eigenvalue weighted by atomic mass is 9.95. The van der Waals surface area contributed by atoms with Crippen LogP contribution >= 0.6 is 0 Å². The molecule has 0 unspecified atom stereocenters. The highest BCUT2D eigenvalue weighted by Gasteiger charge is 2.35. The largest absolute Gasteiger partial charge is 0.508 e. The number of aromatic hydroxyl groups is 2. The predicted molar refractivity (Wildman–Crippen MR) is 155 cm³/mol. The maximum absolute atomic E-state index is 13.9. The van der Waals surface area contributed by atoms with Gasteiger partial charge < -0.3 is 48.1 Å². The first-order valence-corrected chi connectivity index (χ1v) is 13.9. The minimum Gasteiger partial charge on any atom is -0.508 e. The van der Waals surface area contributed by atoms with Gasteiger partial charge in [0.05, 0.1) is 12.6 Å². The van der Waals surface area contributed by atoms with Crippen molar-refractivity contribution in [1.82, 2.24) is 15.5 Å². The number of aliphatic hydroxyl groups is 1. The molecule has 2 aromatic carbocycles. The first-order chi connectivity index (χ1) is 19.6. The van der Waals surface area contributed by atoms with E-state index in [0.717, 1.165) is 0 Å². The van der Waals surface area contributed by atoms with Crippen LogP contribution < -0.4 is 27.8 Å². The number of nitrogens with zero attached hydrogens (tertiary/aromatic N) is 1. The summed E-state index contributed by atoms with van der Waals surface area (Å²) in [6.45, 7) is 2.10. The Morgan fingerprint density at radius 1 is 1.10 bits per heavy atom. The van der Waals surface area contributed by atoms with Crippen molar-refractivity contribution in [3.8, 4) is 22.6 Å². The number of nitrogens with one attached hydrogen (secondary N) is 2. The van der Waals surface area contributed by atoms with Gasteiger partial charge in [-0.3, -0.25) is 14.4 Å². The smallest absolute Gasteiger partial charge is 0.245 e. The summed E-state index contributed by atoms with van der Waals surface area (Å²) < 4.78 is 0. The highest BCUT2D eigenvalue weighted by Crippen LogP contribution is 2.31. The minimum absolute atomic E-state index is 0.0147. The van der Waals surface area contributed by atoms with Crippen LogP contribution in [0.15, 0.2) is 36.4 Å². The lowest BCUT2D eigenvalue weighted by Gasteiger charge is -2.34. The number of fused-ring (bicyclic) bond motifs is 5. The first kappa shape index (κ1) is 31.8. The molecule has 3 amide bonds. The van der Waals surface area contributed by atoms with Gasteiger partial charge in [-0.2, -0.15) is 0 Å². The van der Waals surface area contributed by atoms with Crippen LogP contribution in [0.3, 0.4) is 0 Å². The standard InChI is InChI=1S/C29H42N6O6/c1-2-35-24(28(40)33-11-9-21(31)16-36)15-20-13-18(6-8-26(20)38)17-5-7-25(37)19(12-17)14-22(32)27(39)34-23(29(35)41)4-3-10-30/h5-8,12-13,21-24,36-38H,2-4,9-11,14-16,30-32H2,1H3,(H,33,40)(H,34,39)/t21-,22+,23-,24-/m0/s1. The van der Waals surface area contributed by atoms with Crippen LogP contribution in [-0.2, 0) is 27.2 Å². The summed E-state index contributed by atoms with van der Waals surface area (Å²) in [6.07, 6.45) is 0.994. The molecule has 1 aliphatic heterocycles. The second kappa shape index (κ2) is 14.8. The number of likely N-dealkylation sites (N-methyl/N-ethyl adjacent to an activating group) is 1. The molecule has 0 fully saturated rings. The van der Waals surface area contributed by atoms with Crippen molar-refractivity contribution in [2.24, 2.45) is 17.2 Å². The third kappa shape index (κ3) is 8.17. The maximum Gasteiger partial charge on any atom is 0.245 e. The normalized spacial score (nSPS) is 20.5. The number of nitrogens with two attached hydrogens (primary N) is 3. The Morgan fingerprint density at radius 2 is 1.71 bits per heavy atom. The van der Waals surface area contributed by atoms with Gasteiger partial charge in [0.1, 0.15) is 23.6 Å². The number of phenols is 2. The molecule has 0 radical (unpaired) electrons. The Balaban J connectivity index is 2.11. The Morgan fingerprint density at radius 3 is 2.27 bits per heavy atom. The van der Waals surface area contributed by atoms with Crippen molar-refractivity contribution < 1.29 is 29.7 Å². The van der Waals surface area contributed by atoms with Crippen molar-refractivity contribution in [3.63, 3.8) is 0 Å². The SMILES string of the molecule is CCN1C(=O)[C@H](CCCN)NC(=O)[C@H](N)Cc2cc(ccc2O)-c2ccc(O)c(c2)C[C@H]1C(=O)NCC[C@H](N)CO. The van der Waals surface area contributed by atoms with E-state index in [-0.39, 0.29) is 57.0 Å². The lowest BCUT2D eigenvalue weighted by molar-refractivity contribution is -0.143. The molecule has 0 aliphatic carbocycles. The van der Waals surface area contributed by atoms with Crippen LogP contribution in [0.2, 0.25) is 0 Å². The molecule has 0 aromatic heterocycles. The molecular weight excluding hydrogens is 528 g/mol. The Kier molecular flexibility index (Phi) is 11.5. The molecule has 1 heterocycles. The average molecular weight is 571 g/mol. The van der Waals surface area contributed by atoms with Crippen molar-refractivity contribution in [1.29, 1.82) is 0 Å². The summed E-state index contributed by atoms with van der Waals surface area (Å²) >= 11 is 0. The Bertz CT molecular complexity index is 1220. The molecule has 12 nitrogen and oxygen atoms in total. The van der Waals surface area contributed by atoms with Crippen LogP contribution in [0.1, 0.15) is 37.3 Å². The van der Waals surface area contributed by atoms with Crippen molar-refractivity contribution in [3.05, 3.63) is 47.5 Å². The third-order valence-electron chi connectivity index (χ3n) is 7.35. The summed E-state index contributed by atoms with van der Waals surface area (Å²) in [7, 11) is 0. The second-order valence-electron chi connectivity index (χ2n) is 10.4. The topological polar surface area (TPSA) is 217 Å². The minimum atomic E-state index is -1.06. The van der Waals surface area contributed by atoms with Gasteiger partial charge in [-0.25, -0.2) is 0 Å². The monoisotopic (exact) mass is 570 g/mol. The molecule has 4 bridgehead atoms. The number of rotatable bonds is 9.